The summed E-state index contributed by atoms with van der Waals surface area (Å²) < 4.78 is 5.38. The van der Waals surface area contributed by atoms with E-state index in [1.807, 2.05) is 32.2 Å². The van der Waals surface area contributed by atoms with Gasteiger partial charge in [0.25, 0.3) is 0 Å². The van der Waals surface area contributed by atoms with Crippen molar-refractivity contribution in [3.8, 4) is 0 Å². The fourth-order valence-electron chi connectivity index (χ4n) is 2.32. The molecule has 2 heterocycles. The lowest BCUT2D eigenvalue weighted by atomic mass is 9.95. The zero-order chi connectivity index (χ0) is 14.8. The Morgan fingerprint density at radius 3 is 2.55 bits per heavy atom. The highest BCUT2D eigenvalue weighted by atomic mass is 32.1. The van der Waals surface area contributed by atoms with Crippen LogP contribution < -0.4 is 0 Å². The van der Waals surface area contributed by atoms with E-state index in [0.29, 0.717) is 19.0 Å². The number of nitrogens with zero attached hydrogens (tertiary/aromatic N) is 1. The highest BCUT2D eigenvalue weighted by Crippen LogP contribution is 2.32. The predicted octanol–water partition coefficient (Wildman–Crippen LogP) is 3.68. The quantitative estimate of drug-likeness (QED) is 0.782. The van der Waals surface area contributed by atoms with Crippen molar-refractivity contribution in [1.29, 1.82) is 0 Å². The standard InChI is InChI=1S/C15H21NO3S/c1-15(2,3)19-14(18)16-6-4-12(5-7-16)13-8-11(9-17)10-20-13/h8-10,12H,4-7H2,1-3H3. The third-order valence-electron chi connectivity index (χ3n) is 3.33. The molecule has 1 aliphatic rings. The monoisotopic (exact) mass is 295 g/mol. The maximum Gasteiger partial charge on any atom is 0.410 e. The number of hydrogen-bond acceptors (Lipinski definition) is 4. The van der Waals surface area contributed by atoms with Gasteiger partial charge in [-0.1, -0.05) is 0 Å². The van der Waals surface area contributed by atoms with Gasteiger partial charge < -0.3 is 9.64 Å². The number of rotatable bonds is 2. The molecule has 1 amide bonds. The molecule has 1 aliphatic heterocycles. The van der Waals surface area contributed by atoms with E-state index in [2.05, 4.69) is 0 Å². The van der Waals surface area contributed by atoms with Gasteiger partial charge in [-0.3, -0.25) is 4.79 Å². The van der Waals surface area contributed by atoms with Gasteiger partial charge in [-0.25, -0.2) is 4.79 Å². The van der Waals surface area contributed by atoms with Crippen LogP contribution in [0.4, 0.5) is 4.79 Å². The topological polar surface area (TPSA) is 46.6 Å². The fraction of sp³-hybridized carbons (Fsp3) is 0.600. The van der Waals surface area contributed by atoms with Gasteiger partial charge in [-0.05, 0) is 45.6 Å². The van der Waals surface area contributed by atoms with E-state index in [9.17, 15) is 9.59 Å². The molecule has 0 atom stereocenters. The number of ether oxygens (including phenoxy) is 1. The Hall–Kier alpha value is -1.36. The van der Waals surface area contributed by atoms with E-state index in [0.717, 1.165) is 24.7 Å². The molecule has 1 aromatic rings. The molecule has 4 nitrogen and oxygen atoms in total. The average molecular weight is 295 g/mol. The zero-order valence-electron chi connectivity index (χ0n) is 12.2. The van der Waals surface area contributed by atoms with Gasteiger partial charge in [-0.15, -0.1) is 11.3 Å². The van der Waals surface area contributed by atoms with E-state index < -0.39 is 5.60 Å². The molecule has 5 heteroatoms. The maximum absolute atomic E-state index is 12.0. The van der Waals surface area contributed by atoms with Crippen molar-refractivity contribution in [3.05, 3.63) is 21.9 Å². The van der Waals surface area contributed by atoms with Gasteiger partial charge in [0.2, 0.25) is 0 Å². The molecule has 0 N–H and O–H groups in total. The van der Waals surface area contributed by atoms with Crippen LogP contribution >= 0.6 is 11.3 Å². The minimum absolute atomic E-state index is 0.226. The molecule has 0 unspecified atom stereocenters. The summed E-state index contributed by atoms with van der Waals surface area (Å²) in [4.78, 5) is 25.7. The molecule has 1 saturated heterocycles. The summed E-state index contributed by atoms with van der Waals surface area (Å²) in [7, 11) is 0. The molecule has 2 rings (SSSR count). The molecule has 0 bridgehead atoms. The second-order valence-corrected chi connectivity index (χ2v) is 7.08. The van der Waals surface area contributed by atoms with Gasteiger partial charge in [0, 0.05) is 28.9 Å². The predicted molar refractivity (Wildman–Crippen MR) is 79.5 cm³/mol. The molecule has 0 aromatic carbocycles. The summed E-state index contributed by atoms with van der Waals surface area (Å²) in [5.74, 6) is 0.451. The minimum atomic E-state index is -0.444. The zero-order valence-corrected chi connectivity index (χ0v) is 13.0. The van der Waals surface area contributed by atoms with Gasteiger partial charge in [0.05, 0.1) is 0 Å². The lowest BCUT2D eigenvalue weighted by molar-refractivity contribution is 0.0205. The summed E-state index contributed by atoms with van der Waals surface area (Å²) in [5.41, 5.74) is 0.306. The number of thiophene rings is 1. The first-order valence-corrected chi connectivity index (χ1v) is 7.78. The van der Waals surface area contributed by atoms with Crippen LogP contribution in [0.5, 0.6) is 0 Å². The molecule has 20 heavy (non-hydrogen) atoms. The smallest absolute Gasteiger partial charge is 0.410 e. The molecule has 0 aliphatic carbocycles. The van der Waals surface area contributed by atoms with E-state index in [4.69, 9.17) is 4.74 Å². The second-order valence-electron chi connectivity index (χ2n) is 6.14. The number of likely N-dealkylation sites (tertiary alicyclic amines) is 1. The normalized spacial score (nSPS) is 17.1. The van der Waals surface area contributed by atoms with Crippen molar-refractivity contribution in [3.63, 3.8) is 0 Å². The van der Waals surface area contributed by atoms with Gasteiger partial charge in [-0.2, -0.15) is 0 Å². The summed E-state index contributed by atoms with van der Waals surface area (Å²) in [6.45, 7) is 7.07. The number of piperidine rings is 1. The Morgan fingerprint density at radius 1 is 1.40 bits per heavy atom. The summed E-state index contributed by atoms with van der Waals surface area (Å²) in [5, 5.41) is 1.89. The summed E-state index contributed by atoms with van der Waals surface area (Å²) in [6, 6.07) is 1.96. The number of amides is 1. The lowest BCUT2D eigenvalue weighted by Gasteiger charge is -2.33. The van der Waals surface area contributed by atoms with Gasteiger partial charge >= 0.3 is 6.09 Å². The van der Waals surface area contributed by atoms with Crippen molar-refractivity contribution >= 4 is 23.7 Å². The first kappa shape index (κ1) is 15.0. The molecule has 110 valence electrons. The van der Waals surface area contributed by atoms with Crippen molar-refractivity contribution < 1.29 is 14.3 Å². The van der Waals surface area contributed by atoms with Gasteiger partial charge in [0.1, 0.15) is 5.60 Å². The van der Waals surface area contributed by atoms with Crippen molar-refractivity contribution in [2.75, 3.05) is 13.1 Å². The van der Waals surface area contributed by atoms with Crippen molar-refractivity contribution in [2.24, 2.45) is 0 Å². The second kappa shape index (κ2) is 5.95. The molecule has 0 saturated carbocycles. The van der Waals surface area contributed by atoms with Crippen LogP contribution in [0.3, 0.4) is 0 Å². The average Bonchev–Trinajstić information content (AvgIpc) is 2.85. The first-order valence-electron chi connectivity index (χ1n) is 6.90. The van der Waals surface area contributed by atoms with Crippen molar-refractivity contribution in [1.82, 2.24) is 4.90 Å². The molecule has 0 spiro atoms. The van der Waals surface area contributed by atoms with Crippen LogP contribution in [0.2, 0.25) is 0 Å². The Labute approximate surface area is 123 Å². The number of carbonyl (C=O) groups is 2. The highest BCUT2D eigenvalue weighted by molar-refractivity contribution is 7.10. The Kier molecular flexibility index (Phi) is 4.48. The molecule has 1 fully saturated rings. The highest BCUT2D eigenvalue weighted by Gasteiger charge is 2.27. The van der Waals surface area contributed by atoms with Crippen LogP contribution in [0.1, 0.15) is 54.8 Å². The van der Waals surface area contributed by atoms with E-state index >= 15 is 0 Å². The van der Waals surface area contributed by atoms with E-state index in [-0.39, 0.29) is 6.09 Å². The first-order chi connectivity index (χ1) is 9.39. The fourth-order valence-corrected chi connectivity index (χ4v) is 3.35. The van der Waals surface area contributed by atoms with Crippen LogP contribution in [0, 0.1) is 0 Å². The van der Waals surface area contributed by atoms with Gasteiger partial charge in [0.15, 0.2) is 6.29 Å². The maximum atomic E-state index is 12.0. The van der Waals surface area contributed by atoms with E-state index in [1.54, 1.807) is 16.2 Å². The van der Waals surface area contributed by atoms with Crippen LogP contribution in [0.15, 0.2) is 11.4 Å². The SMILES string of the molecule is CC(C)(C)OC(=O)N1CCC(c2cc(C=O)cs2)CC1. The molecule has 1 aromatic heterocycles. The third kappa shape index (κ3) is 3.82. The summed E-state index contributed by atoms with van der Waals surface area (Å²) in [6.07, 6.45) is 2.52. The van der Waals surface area contributed by atoms with Crippen LogP contribution in [-0.4, -0.2) is 36.0 Å². The third-order valence-corrected chi connectivity index (χ3v) is 4.44. The Morgan fingerprint density at radius 2 is 2.05 bits per heavy atom. The molecular formula is C15H21NO3S. The minimum Gasteiger partial charge on any atom is -0.444 e. The number of carbonyl (C=O) groups excluding carboxylic acids is 2. The van der Waals surface area contributed by atoms with E-state index in [1.165, 1.54) is 4.88 Å². The van der Waals surface area contributed by atoms with Crippen LogP contribution in [-0.2, 0) is 4.74 Å². The molecular weight excluding hydrogens is 274 g/mol. The largest absolute Gasteiger partial charge is 0.444 e. The van der Waals surface area contributed by atoms with Crippen molar-refractivity contribution in [2.45, 2.75) is 45.1 Å². The Balaban J connectivity index is 1.89. The lowest BCUT2D eigenvalue weighted by Crippen LogP contribution is -2.41. The number of aldehydes is 1. The number of hydrogen-bond donors (Lipinski definition) is 0. The Bertz CT molecular complexity index is 482. The van der Waals surface area contributed by atoms with Crippen LogP contribution in [0.25, 0.3) is 0 Å². The summed E-state index contributed by atoms with van der Waals surface area (Å²) >= 11 is 1.63. The molecule has 0 radical (unpaired) electrons.